The van der Waals surface area contributed by atoms with Crippen LogP contribution in [0.15, 0.2) is 6.33 Å². The average molecular weight is 333 g/mol. The molecule has 0 radical (unpaired) electrons. The first-order valence-electron chi connectivity index (χ1n) is 8.42. The summed E-state index contributed by atoms with van der Waals surface area (Å²) in [4.78, 5) is 23.3. The average Bonchev–Trinajstić information content (AvgIpc) is 3.18. The van der Waals surface area contributed by atoms with Crippen molar-refractivity contribution in [2.24, 2.45) is 5.92 Å². The summed E-state index contributed by atoms with van der Waals surface area (Å²) in [6.45, 7) is 6.65. The van der Waals surface area contributed by atoms with E-state index >= 15 is 0 Å². The largest absolute Gasteiger partial charge is 0.469 e. The Morgan fingerprint density at radius 3 is 2.83 bits per heavy atom. The van der Waals surface area contributed by atoms with Crippen molar-refractivity contribution in [1.29, 1.82) is 0 Å². The van der Waals surface area contributed by atoms with Crippen LogP contribution in [0, 0.1) is 12.8 Å². The fourth-order valence-corrected chi connectivity index (χ4v) is 4.33. The van der Waals surface area contributed by atoms with Gasteiger partial charge in [0.05, 0.1) is 19.1 Å². The molecule has 2 aliphatic heterocycles. The molecule has 2 fully saturated rings. The monoisotopic (exact) mass is 333 g/mol. The van der Waals surface area contributed by atoms with E-state index in [-0.39, 0.29) is 30.1 Å². The number of aryl methyl sites for hydroxylation is 1. The van der Waals surface area contributed by atoms with Gasteiger partial charge in [0.15, 0.2) is 5.79 Å². The zero-order valence-corrected chi connectivity index (χ0v) is 14.5. The predicted octanol–water partition coefficient (Wildman–Crippen LogP) is 1.23. The van der Waals surface area contributed by atoms with Crippen LogP contribution in [0.4, 0.5) is 5.82 Å². The number of anilines is 1. The van der Waals surface area contributed by atoms with Crippen molar-refractivity contribution in [2.45, 2.75) is 57.6 Å². The number of nitrogens with zero attached hydrogens (tertiary/aromatic N) is 3. The van der Waals surface area contributed by atoms with Crippen LogP contribution in [0.1, 0.15) is 31.5 Å². The summed E-state index contributed by atoms with van der Waals surface area (Å²) in [5.41, 5.74) is 2.21. The van der Waals surface area contributed by atoms with E-state index in [1.54, 1.807) is 6.33 Å². The topological polar surface area (TPSA) is 73.8 Å². The molecule has 1 saturated heterocycles. The van der Waals surface area contributed by atoms with Crippen molar-refractivity contribution >= 4 is 11.8 Å². The Labute approximate surface area is 141 Å². The second-order valence-corrected chi connectivity index (χ2v) is 7.20. The van der Waals surface area contributed by atoms with Gasteiger partial charge in [-0.25, -0.2) is 9.97 Å². The lowest BCUT2D eigenvalue weighted by molar-refractivity contribution is -0.167. The first kappa shape index (κ1) is 15.8. The van der Waals surface area contributed by atoms with Crippen LogP contribution >= 0.6 is 0 Å². The van der Waals surface area contributed by atoms with E-state index in [9.17, 15) is 4.79 Å². The van der Waals surface area contributed by atoms with Crippen molar-refractivity contribution in [2.75, 3.05) is 18.6 Å². The summed E-state index contributed by atoms with van der Waals surface area (Å²) in [6.07, 6.45) is 2.74. The molecule has 0 amide bonds. The molecule has 0 N–H and O–H groups in total. The summed E-state index contributed by atoms with van der Waals surface area (Å²) in [7, 11) is 1.42. The van der Waals surface area contributed by atoms with E-state index in [0.29, 0.717) is 6.42 Å². The summed E-state index contributed by atoms with van der Waals surface area (Å²) in [5, 5.41) is 0. The number of hydrogen-bond donors (Lipinski definition) is 0. The van der Waals surface area contributed by atoms with Gasteiger partial charge in [-0.15, -0.1) is 0 Å². The minimum Gasteiger partial charge on any atom is -0.469 e. The quantitative estimate of drug-likeness (QED) is 0.754. The molecule has 7 nitrogen and oxygen atoms in total. The number of aromatic nitrogens is 2. The number of methoxy groups -OCH3 is 1. The number of rotatable bonds is 2. The Hall–Kier alpha value is -1.73. The number of fused-ring (bicyclic) bond motifs is 2. The van der Waals surface area contributed by atoms with E-state index in [0.717, 1.165) is 24.5 Å². The fraction of sp³-hybridized carbons (Fsp3) is 0.706. The zero-order chi connectivity index (χ0) is 17.1. The second-order valence-electron chi connectivity index (χ2n) is 7.20. The van der Waals surface area contributed by atoms with Crippen LogP contribution in [0.2, 0.25) is 0 Å². The SMILES string of the molecule is COC(=O)[C@H]1C[C@@H](N2CCc3c(C)ncnc32)[C@@H]2OC(C)(C)O[C@@H]21. The van der Waals surface area contributed by atoms with Gasteiger partial charge >= 0.3 is 5.97 Å². The van der Waals surface area contributed by atoms with E-state index in [2.05, 4.69) is 14.9 Å². The Morgan fingerprint density at radius 2 is 2.08 bits per heavy atom. The highest BCUT2D eigenvalue weighted by Gasteiger charge is 2.58. The minimum absolute atomic E-state index is 0.0522. The summed E-state index contributed by atoms with van der Waals surface area (Å²) in [6, 6.07) is 0.0522. The van der Waals surface area contributed by atoms with Crippen LogP contribution in [-0.2, 0) is 25.4 Å². The molecule has 7 heteroatoms. The third-order valence-corrected chi connectivity index (χ3v) is 5.35. The standard InChI is InChI=1S/C17H23N3O4/c1-9-10-5-6-20(15(10)19-8-18-9)12-7-11(16(21)22-4)13-14(12)24-17(2,3)23-13/h8,11-14H,5-7H2,1-4H3/t11-,12+,13+,14-/m0/s1. The maximum atomic E-state index is 12.2. The van der Waals surface area contributed by atoms with E-state index in [1.807, 2.05) is 20.8 Å². The summed E-state index contributed by atoms with van der Waals surface area (Å²) >= 11 is 0. The zero-order valence-electron chi connectivity index (χ0n) is 14.5. The summed E-state index contributed by atoms with van der Waals surface area (Å²) < 4.78 is 17.2. The van der Waals surface area contributed by atoms with Gasteiger partial charge in [-0.3, -0.25) is 4.79 Å². The second kappa shape index (κ2) is 5.39. The van der Waals surface area contributed by atoms with Gasteiger partial charge in [-0.1, -0.05) is 0 Å². The van der Waals surface area contributed by atoms with Crippen LogP contribution in [0.25, 0.3) is 0 Å². The maximum absolute atomic E-state index is 12.2. The van der Waals surface area contributed by atoms with Crippen molar-refractivity contribution in [3.63, 3.8) is 0 Å². The summed E-state index contributed by atoms with van der Waals surface area (Å²) in [5.74, 6) is -0.263. The molecule has 0 bridgehead atoms. The lowest BCUT2D eigenvalue weighted by Crippen LogP contribution is -2.43. The third-order valence-electron chi connectivity index (χ3n) is 5.35. The Balaban J connectivity index is 1.67. The van der Waals surface area contributed by atoms with Crippen molar-refractivity contribution < 1.29 is 19.0 Å². The molecule has 4 rings (SSSR count). The Bertz CT molecular complexity index is 678. The molecule has 1 aromatic rings. The van der Waals surface area contributed by atoms with Gasteiger partial charge < -0.3 is 19.1 Å². The number of ether oxygens (including phenoxy) is 3. The van der Waals surface area contributed by atoms with Crippen molar-refractivity contribution in [3.05, 3.63) is 17.6 Å². The highest BCUT2D eigenvalue weighted by atomic mass is 16.8. The van der Waals surface area contributed by atoms with Gasteiger partial charge in [0, 0.05) is 17.8 Å². The van der Waals surface area contributed by atoms with Crippen molar-refractivity contribution in [1.82, 2.24) is 9.97 Å². The third kappa shape index (κ3) is 2.29. The molecular formula is C17H23N3O4. The van der Waals surface area contributed by atoms with Crippen LogP contribution in [0.3, 0.4) is 0 Å². The van der Waals surface area contributed by atoms with Gasteiger partial charge in [0.1, 0.15) is 24.4 Å². The highest BCUT2D eigenvalue weighted by Crippen LogP contribution is 2.46. The molecule has 1 aliphatic carbocycles. The first-order chi connectivity index (χ1) is 11.4. The van der Waals surface area contributed by atoms with Gasteiger partial charge in [0.25, 0.3) is 0 Å². The molecule has 24 heavy (non-hydrogen) atoms. The molecular weight excluding hydrogens is 310 g/mol. The lowest BCUT2D eigenvalue weighted by Gasteiger charge is -2.30. The minimum atomic E-state index is -0.690. The number of carbonyl (C=O) groups is 1. The van der Waals surface area contributed by atoms with Gasteiger partial charge in [0.2, 0.25) is 0 Å². The van der Waals surface area contributed by atoms with E-state index in [4.69, 9.17) is 14.2 Å². The molecule has 1 aromatic heterocycles. The Morgan fingerprint density at radius 1 is 1.33 bits per heavy atom. The van der Waals surface area contributed by atoms with Crippen LogP contribution in [0.5, 0.6) is 0 Å². The number of hydrogen-bond acceptors (Lipinski definition) is 7. The van der Waals surface area contributed by atoms with Crippen molar-refractivity contribution in [3.8, 4) is 0 Å². The fourth-order valence-electron chi connectivity index (χ4n) is 4.33. The Kier molecular flexibility index (Phi) is 3.54. The lowest BCUT2D eigenvalue weighted by atomic mass is 10.1. The van der Waals surface area contributed by atoms with Crippen LogP contribution in [-0.4, -0.2) is 53.6 Å². The molecule has 130 valence electrons. The highest BCUT2D eigenvalue weighted by molar-refractivity contribution is 5.74. The molecule has 4 atom stereocenters. The van der Waals surface area contributed by atoms with Crippen LogP contribution < -0.4 is 4.90 Å². The first-order valence-corrected chi connectivity index (χ1v) is 8.42. The van der Waals surface area contributed by atoms with Gasteiger partial charge in [-0.2, -0.15) is 0 Å². The number of carbonyl (C=O) groups excluding carboxylic acids is 1. The predicted molar refractivity (Wildman–Crippen MR) is 85.6 cm³/mol. The smallest absolute Gasteiger partial charge is 0.311 e. The molecule has 3 heterocycles. The molecule has 3 aliphatic rings. The van der Waals surface area contributed by atoms with Gasteiger partial charge in [-0.05, 0) is 33.6 Å². The van der Waals surface area contributed by atoms with E-state index in [1.165, 1.54) is 12.7 Å². The molecule has 0 spiro atoms. The van der Waals surface area contributed by atoms with E-state index < -0.39 is 5.79 Å². The molecule has 1 saturated carbocycles. The molecule has 0 unspecified atom stereocenters. The molecule has 0 aromatic carbocycles. The maximum Gasteiger partial charge on any atom is 0.311 e. The normalized spacial score (nSPS) is 33.4. The number of esters is 1.